The molecule has 8 heteroatoms. The smallest absolute Gasteiger partial charge is 0.306 e. The lowest BCUT2D eigenvalue weighted by Gasteiger charge is -2.11. The molecule has 24 heavy (non-hydrogen) atoms. The molecule has 1 aliphatic rings. The van der Waals surface area contributed by atoms with Crippen LogP contribution in [0.4, 0.5) is 0 Å². The summed E-state index contributed by atoms with van der Waals surface area (Å²) in [6.45, 7) is -0.401. The van der Waals surface area contributed by atoms with Crippen LogP contribution in [0.3, 0.4) is 0 Å². The van der Waals surface area contributed by atoms with Crippen LogP contribution in [-0.4, -0.2) is 51.6 Å². The predicted octanol–water partition coefficient (Wildman–Crippen LogP) is 0.474. The molecule has 0 unspecified atom stereocenters. The summed E-state index contributed by atoms with van der Waals surface area (Å²) in [6, 6.07) is 6.97. The van der Waals surface area contributed by atoms with Gasteiger partial charge in [-0.25, -0.2) is 8.42 Å². The van der Waals surface area contributed by atoms with Crippen LogP contribution in [-0.2, 0) is 30.6 Å². The van der Waals surface area contributed by atoms with E-state index in [1.54, 1.807) is 7.11 Å². The predicted molar refractivity (Wildman–Crippen MR) is 87.5 cm³/mol. The molecule has 1 amide bonds. The topological polar surface area (TPSA) is 98.8 Å². The number of carbonyl (C=O) groups excluding carboxylic acids is 2. The molecule has 1 N–H and O–H groups in total. The van der Waals surface area contributed by atoms with E-state index in [4.69, 9.17) is 9.47 Å². The molecule has 1 aliphatic heterocycles. The van der Waals surface area contributed by atoms with Gasteiger partial charge in [-0.05, 0) is 24.5 Å². The van der Waals surface area contributed by atoms with E-state index in [1.165, 1.54) is 0 Å². The van der Waals surface area contributed by atoms with E-state index in [9.17, 15) is 18.0 Å². The van der Waals surface area contributed by atoms with Gasteiger partial charge < -0.3 is 14.8 Å². The number of ether oxygens (including phenoxy) is 2. The molecule has 1 aromatic rings. The molecule has 1 aromatic carbocycles. The Morgan fingerprint density at radius 2 is 2.04 bits per heavy atom. The number of nitrogens with one attached hydrogen (secondary N) is 1. The summed E-state index contributed by atoms with van der Waals surface area (Å²) in [4.78, 5) is 23.4. The summed E-state index contributed by atoms with van der Waals surface area (Å²) in [5.74, 6) is -0.250. The number of amides is 1. The quantitative estimate of drug-likeness (QED) is 0.714. The van der Waals surface area contributed by atoms with Crippen LogP contribution in [0, 0.1) is 0 Å². The normalized spacial score (nSPS) is 18.8. The van der Waals surface area contributed by atoms with E-state index in [0.29, 0.717) is 18.6 Å². The molecular formula is C16H21NO6S. The summed E-state index contributed by atoms with van der Waals surface area (Å²) in [7, 11) is -1.49. The molecule has 0 saturated carbocycles. The molecule has 0 radical (unpaired) electrons. The van der Waals surface area contributed by atoms with E-state index in [-0.39, 0.29) is 17.9 Å². The summed E-state index contributed by atoms with van der Waals surface area (Å²) >= 11 is 0. The third kappa shape index (κ3) is 5.52. The van der Waals surface area contributed by atoms with E-state index in [1.807, 2.05) is 24.3 Å². The molecule has 0 aliphatic carbocycles. The van der Waals surface area contributed by atoms with Gasteiger partial charge in [-0.3, -0.25) is 9.59 Å². The summed E-state index contributed by atoms with van der Waals surface area (Å²) in [6.07, 6.45) is 0.979. The van der Waals surface area contributed by atoms with Crippen molar-refractivity contribution in [2.45, 2.75) is 25.3 Å². The Balaban J connectivity index is 1.70. The van der Waals surface area contributed by atoms with Gasteiger partial charge in [0.25, 0.3) is 5.91 Å². The molecule has 1 saturated heterocycles. The molecule has 1 fully saturated rings. The standard InChI is InChI=1S/C16H21NO6S/c1-22-14-5-3-2-4-12(14)6-7-16(19)23-10-15(18)17-13-8-9-24(20,21)11-13/h2-5,13H,6-11H2,1H3,(H,17,18)/t13-/m1/s1. The van der Waals surface area contributed by atoms with Gasteiger partial charge in [0.2, 0.25) is 0 Å². The largest absolute Gasteiger partial charge is 0.496 e. The third-order valence-corrected chi connectivity index (χ3v) is 5.52. The fourth-order valence-corrected chi connectivity index (χ4v) is 4.22. The average Bonchev–Trinajstić information content (AvgIpc) is 2.89. The Labute approximate surface area is 141 Å². The Morgan fingerprint density at radius 3 is 2.71 bits per heavy atom. The van der Waals surface area contributed by atoms with Crippen LogP contribution in [0.1, 0.15) is 18.4 Å². The number of carbonyl (C=O) groups is 2. The molecule has 0 bridgehead atoms. The van der Waals surface area contributed by atoms with Crippen molar-refractivity contribution in [3.8, 4) is 5.75 Å². The maximum absolute atomic E-state index is 11.7. The first-order valence-electron chi connectivity index (χ1n) is 7.67. The van der Waals surface area contributed by atoms with Crippen molar-refractivity contribution >= 4 is 21.7 Å². The molecule has 7 nitrogen and oxygen atoms in total. The fraction of sp³-hybridized carbons (Fsp3) is 0.500. The molecule has 132 valence electrons. The van der Waals surface area contributed by atoms with E-state index >= 15 is 0 Å². The number of sulfone groups is 1. The summed E-state index contributed by atoms with van der Waals surface area (Å²) < 4.78 is 32.7. The minimum atomic E-state index is -3.05. The van der Waals surface area contributed by atoms with Crippen molar-refractivity contribution in [3.05, 3.63) is 29.8 Å². The van der Waals surface area contributed by atoms with Crippen LogP contribution >= 0.6 is 0 Å². The van der Waals surface area contributed by atoms with Gasteiger partial charge in [0.15, 0.2) is 16.4 Å². The highest BCUT2D eigenvalue weighted by Gasteiger charge is 2.29. The fourth-order valence-electron chi connectivity index (χ4n) is 2.54. The minimum Gasteiger partial charge on any atom is -0.496 e. The van der Waals surface area contributed by atoms with Crippen LogP contribution in [0.5, 0.6) is 5.75 Å². The molecule has 0 spiro atoms. The highest BCUT2D eigenvalue weighted by molar-refractivity contribution is 7.91. The van der Waals surface area contributed by atoms with Gasteiger partial charge in [-0.2, -0.15) is 0 Å². The van der Waals surface area contributed by atoms with E-state index in [2.05, 4.69) is 5.32 Å². The summed E-state index contributed by atoms with van der Waals surface area (Å²) in [5.41, 5.74) is 0.887. The second-order valence-corrected chi connectivity index (χ2v) is 7.87. The number of hydrogen-bond donors (Lipinski definition) is 1. The van der Waals surface area contributed by atoms with Crippen molar-refractivity contribution in [1.29, 1.82) is 0 Å². The van der Waals surface area contributed by atoms with Crippen LogP contribution in [0.2, 0.25) is 0 Å². The molecule has 0 aromatic heterocycles. The van der Waals surface area contributed by atoms with Crippen molar-refractivity contribution in [2.24, 2.45) is 0 Å². The van der Waals surface area contributed by atoms with E-state index in [0.717, 1.165) is 5.56 Å². The number of para-hydroxylation sites is 1. The first-order chi connectivity index (χ1) is 11.4. The summed E-state index contributed by atoms with van der Waals surface area (Å²) in [5, 5.41) is 2.57. The highest BCUT2D eigenvalue weighted by atomic mass is 32.2. The lowest BCUT2D eigenvalue weighted by Crippen LogP contribution is -2.38. The van der Waals surface area contributed by atoms with Gasteiger partial charge in [-0.15, -0.1) is 0 Å². The van der Waals surface area contributed by atoms with Gasteiger partial charge >= 0.3 is 5.97 Å². The molecule has 2 rings (SSSR count). The number of rotatable bonds is 7. The third-order valence-electron chi connectivity index (χ3n) is 3.75. The number of benzene rings is 1. The zero-order valence-electron chi connectivity index (χ0n) is 13.5. The Morgan fingerprint density at radius 1 is 1.29 bits per heavy atom. The van der Waals surface area contributed by atoms with Crippen molar-refractivity contribution in [1.82, 2.24) is 5.32 Å². The number of esters is 1. The van der Waals surface area contributed by atoms with Crippen molar-refractivity contribution in [2.75, 3.05) is 25.2 Å². The second kappa shape index (κ2) is 8.14. The highest BCUT2D eigenvalue weighted by Crippen LogP contribution is 2.18. The van der Waals surface area contributed by atoms with Crippen LogP contribution in [0.15, 0.2) is 24.3 Å². The Bertz CT molecular complexity index is 700. The SMILES string of the molecule is COc1ccccc1CCC(=O)OCC(=O)N[C@@H]1CCS(=O)(=O)C1. The van der Waals surface area contributed by atoms with Gasteiger partial charge in [0.05, 0.1) is 18.6 Å². The maximum Gasteiger partial charge on any atom is 0.306 e. The van der Waals surface area contributed by atoms with Crippen LogP contribution < -0.4 is 10.1 Å². The van der Waals surface area contributed by atoms with Crippen LogP contribution in [0.25, 0.3) is 0 Å². The zero-order chi connectivity index (χ0) is 17.6. The number of hydrogen-bond acceptors (Lipinski definition) is 6. The van der Waals surface area contributed by atoms with Gasteiger partial charge in [0, 0.05) is 12.5 Å². The molecule has 1 atom stereocenters. The van der Waals surface area contributed by atoms with Gasteiger partial charge in [-0.1, -0.05) is 18.2 Å². The molecular weight excluding hydrogens is 334 g/mol. The lowest BCUT2D eigenvalue weighted by atomic mass is 10.1. The maximum atomic E-state index is 11.7. The minimum absolute atomic E-state index is 0.0551. The average molecular weight is 355 g/mol. The van der Waals surface area contributed by atoms with E-state index < -0.39 is 34.4 Å². The van der Waals surface area contributed by atoms with Crippen molar-refractivity contribution < 1.29 is 27.5 Å². The first kappa shape index (κ1) is 18.3. The first-order valence-corrected chi connectivity index (χ1v) is 9.49. The Hall–Kier alpha value is -2.09. The molecule has 1 heterocycles. The second-order valence-electron chi connectivity index (χ2n) is 5.64. The monoisotopic (exact) mass is 355 g/mol. The zero-order valence-corrected chi connectivity index (χ0v) is 14.3. The van der Waals surface area contributed by atoms with Crippen molar-refractivity contribution in [3.63, 3.8) is 0 Å². The number of methoxy groups -OCH3 is 1. The van der Waals surface area contributed by atoms with Gasteiger partial charge in [0.1, 0.15) is 5.75 Å². The number of aryl methyl sites for hydroxylation is 1. The Kier molecular flexibility index (Phi) is 6.19. The lowest BCUT2D eigenvalue weighted by molar-refractivity contribution is -0.148.